The van der Waals surface area contributed by atoms with Crippen LogP contribution in [0.25, 0.3) is 0 Å². The molecule has 2 N–H and O–H groups in total. The fourth-order valence-electron chi connectivity index (χ4n) is 2.97. The Morgan fingerprint density at radius 3 is 2.30 bits per heavy atom. The van der Waals surface area contributed by atoms with Crippen LogP contribution in [0, 0.1) is 12.3 Å². The molecular weight excluding hydrogens is 250 g/mol. The zero-order valence-electron chi connectivity index (χ0n) is 12.7. The first-order valence-electron chi connectivity index (χ1n) is 7.66. The van der Waals surface area contributed by atoms with Gasteiger partial charge in [0.2, 0.25) is 0 Å². The zero-order valence-corrected chi connectivity index (χ0v) is 12.7. The quantitative estimate of drug-likeness (QED) is 0.869. The molecule has 3 nitrogen and oxygen atoms in total. The van der Waals surface area contributed by atoms with Crippen LogP contribution >= 0.6 is 0 Å². The highest BCUT2D eigenvalue weighted by Gasteiger charge is 2.32. The normalized spacial score (nSPS) is 20.8. The molecule has 0 bridgehead atoms. The van der Waals surface area contributed by atoms with Crippen molar-refractivity contribution in [2.24, 2.45) is 5.41 Å². The van der Waals surface area contributed by atoms with E-state index in [1.807, 2.05) is 24.3 Å². The molecule has 0 saturated carbocycles. The van der Waals surface area contributed by atoms with Crippen molar-refractivity contribution in [1.82, 2.24) is 4.90 Å². The first-order chi connectivity index (χ1) is 9.58. The molecule has 1 unspecified atom stereocenters. The van der Waals surface area contributed by atoms with Gasteiger partial charge in [-0.3, -0.25) is 0 Å². The second-order valence-corrected chi connectivity index (χ2v) is 6.24. The Kier molecular flexibility index (Phi) is 5.19. The Labute approximate surface area is 122 Å². The maximum atomic E-state index is 10.3. The third-order valence-electron chi connectivity index (χ3n) is 4.90. The summed E-state index contributed by atoms with van der Waals surface area (Å²) in [6.07, 6.45) is 2.68. The number of likely N-dealkylation sites (tertiary alicyclic amines) is 1. The minimum Gasteiger partial charge on any atom is -0.396 e. The average Bonchev–Trinajstić information content (AvgIpc) is 2.49. The summed E-state index contributed by atoms with van der Waals surface area (Å²) >= 11 is 0. The summed E-state index contributed by atoms with van der Waals surface area (Å²) in [5, 5.41) is 19.9. The van der Waals surface area contributed by atoms with Gasteiger partial charge in [0.15, 0.2) is 0 Å². The highest BCUT2D eigenvalue weighted by atomic mass is 16.3. The number of nitrogens with zero attached hydrogens (tertiary/aromatic N) is 1. The van der Waals surface area contributed by atoms with Gasteiger partial charge in [-0.2, -0.15) is 0 Å². The molecule has 0 aromatic heterocycles. The van der Waals surface area contributed by atoms with Gasteiger partial charge in [0, 0.05) is 13.2 Å². The molecular formula is C17H27NO2. The Bertz CT molecular complexity index is 402. The fraction of sp³-hybridized carbons (Fsp3) is 0.647. The number of aliphatic hydroxyl groups excluding tert-OH is 2. The molecule has 0 amide bonds. The number of benzene rings is 1. The van der Waals surface area contributed by atoms with Gasteiger partial charge >= 0.3 is 0 Å². The summed E-state index contributed by atoms with van der Waals surface area (Å²) in [7, 11) is 0. The maximum absolute atomic E-state index is 10.3. The highest BCUT2D eigenvalue weighted by molar-refractivity contribution is 5.23. The first-order valence-corrected chi connectivity index (χ1v) is 7.66. The minimum absolute atomic E-state index is 0.116. The zero-order chi connectivity index (χ0) is 14.6. The van der Waals surface area contributed by atoms with Crippen molar-refractivity contribution >= 4 is 0 Å². The van der Waals surface area contributed by atoms with E-state index in [0.717, 1.165) is 37.9 Å². The maximum Gasteiger partial charge on any atom is 0.0916 e. The number of hydrogen-bond donors (Lipinski definition) is 2. The summed E-state index contributed by atoms with van der Waals surface area (Å²) < 4.78 is 0. The largest absolute Gasteiger partial charge is 0.396 e. The van der Waals surface area contributed by atoms with E-state index in [1.54, 1.807) is 0 Å². The van der Waals surface area contributed by atoms with Crippen molar-refractivity contribution in [2.45, 2.75) is 39.2 Å². The van der Waals surface area contributed by atoms with Crippen LogP contribution in [0.4, 0.5) is 0 Å². The molecule has 20 heavy (non-hydrogen) atoms. The number of aryl methyl sites for hydroxylation is 1. The van der Waals surface area contributed by atoms with E-state index in [1.165, 1.54) is 5.56 Å². The number of piperidine rings is 1. The third-order valence-corrected chi connectivity index (χ3v) is 4.90. The van der Waals surface area contributed by atoms with Crippen LogP contribution in [-0.2, 0) is 0 Å². The molecule has 3 heteroatoms. The van der Waals surface area contributed by atoms with Crippen molar-refractivity contribution in [3.63, 3.8) is 0 Å². The second kappa shape index (κ2) is 6.70. The molecule has 1 aliphatic heterocycles. The molecule has 0 aliphatic carbocycles. The lowest BCUT2D eigenvalue weighted by Gasteiger charge is -2.40. The summed E-state index contributed by atoms with van der Waals surface area (Å²) in [4.78, 5) is 2.31. The lowest BCUT2D eigenvalue weighted by Crippen LogP contribution is -2.43. The number of aliphatic hydroxyl groups is 2. The van der Waals surface area contributed by atoms with E-state index >= 15 is 0 Å². The van der Waals surface area contributed by atoms with Gasteiger partial charge in [0.1, 0.15) is 0 Å². The monoisotopic (exact) mass is 277 g/mol. The number of β-amino-alcohol motifs (C(OH)–C–C–N with tert-alkyl or cyclic N) is 1. The van der Waals surface area contributed by atoms with Gasteiger partial charge in [-0.1, -0.05) is 36.8 Å². The average molecular weight is 277 g/mol. The van der Waals surface area contributed by atoms with E-state index in [0.29, 0.717) is 6.54 Å². The van der Waals surface area contributed by atoms with E-state index in [9.17, 15) is 10.2 Å². The summed E-state index contributed by atoms with van der Waals surface area (Å²) in [6, 6.07) is 8.10. The smallest absolute Gasteiger partial charge is 0.0916 e. The van der Waals surface area contributed by atoms with Crippen LogP contribution in [0.15, 0.2) is 24.3 Å². The van der Waals surface area contributed by atoms with Gasteiger partial charge in [-0.15, -0.1) is 0 Å². The van der Waals surface area contributed by atoms with E-state index in [4.69, 9.17) is 0 Å². The van der Waals surface area contributed by atoms with Crippen molar-refractivity contribution in [2.75, 3.05) is 26.2 Å². The Balaban J connectivity index is 1.87. The Hall–Kier alpha value is -0.900. The molecule has 1 fully saturated rings. The van der Waals surface area contributed by atoms with Crippen LogP contribution < -0.4 is 0 Å². The molecule has 1 aromatic rings. The molecule has 0 radical (unpaired) electrons. The molecule has 1 aliphatic rings. The predicted molar refractivity (Wildman–Crippen MR) is 81.6 cm³/mol. The van der Waals surface area contributed by atoms with Gasteiger partial charge in [-0.05, 0) is 50.3 Å². The Morgan fingerprint density at radius 2 is 1.80 bits per heavy atom. The second-order valence-electron chi connectivity index (χ2n) is 6.24. The van der Waals surface area contributed by atoms with Gasteiger partial charge in [0.05, 0.1) is 6.10 Å². The standard InChI is InChI=1S/C17H27NO2/c1-3-17(13-19)8-10-18(11-9-17)12-16(20)15-6-4-14(2)5-7-15/h4-7,16,19-20H,3,8-13H2,1-2H3. The van der Waals surface area contributed by atoms with Crippen LogP contribution in [-0.4, -0.2) is 41.4 Å². The van der Waals surface area contributed by atoms with Crippen molar-refractivity contribution in [3.8, 4) is 0 Å². The van der Waals surface area contributed by atoms with E-state index in [-0.39, 0.29) is 12.0 Å². The lowest BCUT2D eigenvalue weighted by atomic mass is 9.77. The van der Waals surface area contributed by atoms with Gasteiger partial charge in [0.25, 0.3) is 0 Å². The molecule has 1 heterocycles. The first kappa shape index (κ1) is 15.5. The highest BCUT2D eigenvalue weighted by Crippen LogP contribution is 2.34. The SMILES string of the molecule is CCC1(CO)CCN(CC(O)c2ccc(C)cc2)CC1. The van der Waals surface area contributed by atoms with Gasteiger partial charge in [-0.25, -0.2) is 0 Å². The molecule has 1 atom stereocenters. The van der Waals surface area contributed by atoms with Crippen molar-refractivity contribution in [1.29, 1.82) is 0 Å². The summed E-state index contributed by atoms with van der Waals surface area (Å²) in [6.45, 7) is 7.13. The summed E-state index contributed by atoms with van der Waals surface area (Å²) in [5.74, 6) is 0. The van der Waals surface area contributed by atoms with Crippen molar-refractivity contribution < 1.29 is 10.2 Å². The van der Waals surface area contributed by atoms with Crippen molar-refractivity contribution in [3.05, 3.63) is 35.4 Å². The minimum atomic E-state index is -0.418. The van der Waals surface area contributed by atoms with E-state index in [2.05, 4.69) is 18.7 Å². The Morgan fingerprint density at radius 1 is 1.20 bits per heavy atom. The third kappa shape index (κ3) is 3.60. The topological polar surface area (TPSA) is 43.7 Å². The van der Waals surface area contributed by atoms with Crippen LogP contribution in [0.2, 0.25) is 0 Å². The molecule has 112 valence electrons. The van der Waals surface area contributed by atoms with Gasteiger partial charge < -0.3 is 15.1 Å². The summed E-state index contributed by atoms with van der Waals surface area (Å²) in [5.41, 5.74) is 2.32. The number of hydrogen-bond acceptors (Lipinski definition) is 3. The van der Waals surface area contributed by atoms with E-state index < -0.39 is 6.10 Å². The lowest BCUT2D eigenvalue weighted by molar-refractivity contribution is 0.0215. The van der Waals surface area contributed by atoms with Crippen LogP contribution in [0.1, 0.15) is 43.4 Å². The van der Waals surface area contributed by atoms with Crippen LogP contribution in [0.3, 0.4) is 0 Å². The molecule has 0 spiro atoms. The molecule has 1 saturated heterocycles. The predicted octanol–water partition coefficient (Wildman–Crippen LogP) is 2.51. The molecule has 2 rings (SSSR count). The van der Waals surface area contributed by atoms with Crippen LogP contribution in [0.5, 0.6) is 0 Å². The fourth-order valence-corrected chi connectivity index (χ4v) is 2.97. The molecule has 1 aromatic carbocycles. The number of rotatable bonds is 5.